The molecule has 1 aliphatic heterocycles. The van der Waals surface area contributed by atoms with Gasteiger partial charge in [-0.3, -0.25) is 4.79 Å². The average molecular weight is 290 g/mol. The van der Waals surface area contributed by atoms with E-state index < -0.39 is 5.60 Å². The van der Waals surface area contributed by atoms with E-state index in [1.807, 2.05) is 18.2 Å². The summed E-state index contributed by atoms with van der Waals surface area (Å²) in [5.74, 6) is 0.551. The maximum atomic E-state index is 12.9. The van der Waals surface area contributed by atoms with E-state index in [2.05, 4.69) is 0 Å². The van der Waals surface area contributed by atoms with Crippen LogP contribution in [0.15, 0.2) is 18.2 Å². The molecule has 1 fully saturated rings. The van der Waals surface area contributed by atoms with E-state index in [1.165, 1.54) is 0 Å². The number of aliphatic hydroxyl groups is 1. The zero-order chi connectivity index (χ0) is 14.9. The van der Waals surface area contributed by atoms with E-state index in [9.17, 15) is 9.90 Å². The van der Waals surface area contributed by atoms with Crippen LogP contribution >= 0.6 is 0 Å². The summed E-state index contributed by atoms with van der Waals surface area (Å²) in [6.07, 6.45) is 3.62. The number of benzene rings is 1. The monoisotopic (exact) mass is 290 g/mol. The van der Waals surface area contributed by atoms with Gasteiger partial charge in [0.2, 0.25) is 0 Å². The van der Waals surface area contributed by atoms with Gasteiger partial charge in [-0.2, -0.15) is 0 Å². The van der Waals surface area contributed by atoms with Gasteiger partial charge in [-0.05, 0) is 43.0 Å². The Morgan fingerprint density at radius 1 is 1.33 bits per heavy atom. The van der Waals surface area contributed by atoms with Crippen LogP contribution in [0, 0.1) is 5.92 Å². The molecular formula is C17H22O4. The fraction of sp³-hybridized carbons (Fsp3) is 0.588. The number of hydrogen-bond donors (Lipinski definition) is 1. The summed E-state index contributed by atoms with van der Waals surface area (Å²) in [5, 5.41) is 10.9. The molecule has 0 radical (unpaired) electrons. The molecule has 0 aromatic heterocycles. The van der Waals surface area contributed by atoms with Gasteiger partial charge >= 0.3 is 0 Å². The number of aryl methyl sites for hydroxylation is 1. The second-order valence-corrected chi connectivity index (χ2v) is 6.05. The molecule has 114 valence electrons. The molecule has 1 N–H and O–H groups in total. The van der Waals surface area contributed by atoms with Crippen LogP contribution in [0.2, 0.25) is 0 Å². The van der Waals surface area contributed by atoms with Crippen LogP contribution in [-0.2, 0) is 11.2 Å². The number of Topliss-reactive ketones (excluding diaryl/α,β-unsaturated/α-hetero) is 1. The van der Waals surface area contributed by atoms with E-state index in [1.54, 1.807) is 7.11 Å². The van der Waals surface area contributed by atoms with E-state index in [-0.39, 0.29) is 11.7 Å². The fourth-order valence-electron chi connectivity index (χ4n) is 3.55. The van der Waals surface area contributed by atoms with Crippen molar-refractivity contribution >= 4 is 5.78 Å². The highest BCUT2D eigenvalue weighted by molar-refractivity contribution is 6.00. The van der Waals surface area contributed by atoms with E-state index >= 15 is 0 Å². The van der Waals surface area contributed by atoms with Gasteiger partial charge in [0.15, 0.2) is 5.78 Å². The molecule has 1 saturated heterocycles. The number of methoxy groups -OCH3 is 1. The molecule has 0 saturated carbocycles. The van der Waals surface area contributed by atoms with Crippen molar-refractivity contribution in [3.63, 3.8) is 0 Å². The molecule has 1 aliphatic carbocycles. The largest absolute Gasteiger partial charge is 0.497 e. The summed E-state index contributed by atoms with van der Waals surface area (Å²) in [7, 11) is 1.63. The molecule has 2 aliphatic rings. The number of hydrogen-bond acceptors (Lipinski definition) is 4. The second-order valence-electron chi connectivity index (χ2n) is 6.05. The molecule has 3 rings (SSSR count). The topological polar surface area (TPSA) is 55.8 Å². The minimum atomic E-state index is -0.906. The van der Waals surface area contributed by atoms with Crippen LogP contribution in [0.25, 0.3) is 0 Å². The molecule has 0 bridgehead atoms. The van der Waals surface area contributed by atoms with Crippen LogP contribution in [-0.4, -0.2) is 36.8 Å². The molecule has 21 heavy (non-hydrogen) atoms. The van der Waals surface area contributed by atoms with E-state index in [0.717, 1.165) is 36.1 Å². The Morgan fingerprint density at radius 2 is 2.10 bits per heavy atom. The van der Waals surface area contributed by atoms with Crippen molar-refractivity contribution in [2.24, 2.45) is 5.92 Å². The lowest BCUT2D eigenvalue weighted by Gasteiger charge is -2.38. The van der Waals surface area contributed by atoms with Crippen molar-refractivity contribution in [2.75, 3.05) is 20.3 Å². The van der Waals surface area contributed by atoms with Crippen molar-refractivity contribution in [3.8, 4) is 5.75 Å². The molecule has 4 nitrogen and oxygen atoms in total. The highest BCUT2D eigenvalue weighted by Gasteiger charge is 2.43. The SMILES string of the molecule is COc1ccc2c(c1)CCCC(C1(O)CCOCC1)C2=O. The first-order valence-electron chi connectivity index (χ1n) is 7.65. The first kappa shape index (κ1) is 14.5. The second kappa shape index (κ2) is 5.78. The Kier molecular flexibility index (Phi) is 4.00. The Balaban J connectivity index is 1.92. The normalized spacial score (nSPS) is 25.0. The van der Waals surface area contributed by atoms with Gasteiger partial charge in [-0.1, -0.05) is 0 Å². The average Bonchev–Trinajstić information content (AvgIpc) is 2.67. The lowest BCUT2D eigenvalue weighted by atomic mass is 9.75. The smallest absolute Gasteiger partial charge is 0.169 e. The van der Waals surface area contributed by atoms with Gasteiger partial charge in [-0.25, -0.2) is 0 Å². The number of ketones is 1. The van der Waals surface area contributed by atoms with Gasteiger partial charge < -0.3 is 14.6 Å². The standard InChI is InChI=1S/C17H22O4/c1-20-13-5-6-14-12(11-13)3-2-4-15(16(14)18)17(19)7-9-21-10-8-17/h5-6,11,15,19H,2-4,7-10H2,1H3. The van der Waals surface area contributed by atoms with Gasteiger partial charge in [0.25, 0.3) is 0 Å². The molecule has 1 atom stereocenters. The predicted molar refractivity (Wildman–Crippen MR) is 78.8 cm³/mol. The third-order valence-electron chi connectivity index (χ3n) is 4.84. The van der Waals surface area contributed by atoms with Crippen LogP contribution in [0.1, 0.15) is 41.6 Å². The third kappa shape index (κ3) is 2.70. The lowest BCUT2D eigenvalue weighted by molar-refractivity contribution is -0.0910. The zero-order valence-electron chi connectivity index (χ0n) is 12.4. The first-order chi connectivity index (χ1) is 10.1. The molecule has 1 heterocycles. The minimum absolute atomic E-state index is 0.0783. The summed E-state index contributed by atoms with van der Waals surface area (Å²) in [6, 6.07) is 5.62. The molecule has 0 amide bonds. The summed E-state index contributed by atoms with van der Waals surface area (Å²) in [5.41, 5.74) is 0.882. The van der Waals surface area contributed by atoms with Crippen molar-refractivity contribution in [3.05, 3.63) is 29.3 Å². The molecule has 1 aromatic carbocycles. The molecule has 1 unspecified atom stereocenters. The fourth-order valence-corrected chi connectivity index (χ4v) is 3.55. The summed E-state index contributed by atoms with van der Waals surface area (Å²) in [4.78, 5) is 12.9. The molecular weight excluding hydrogens is 268 g/mol. The maximum absolute atomic E-state index is 12.9. The minimum Gasteiger partial charge on any atom is -0.497 e. The van der Waals surface area contributed by atoms with Crippen molar-refractivity contribution in [2.45, 2.75) is 37.7 Å². The van der Waals surface area contributed by atoms with Crippen LogP contribution in [0.5, 0.6) is 5.75 Å². The summed E-state index contributed by atoms with van der Waals surface area (Å²) in [6.45, 7) is 1.07. The van der Waals surface area contributed by atoms with Crippen LogP contribution < -0.4 is 4.74 Å². The highest BCUT2D eigenvalue weighted by Crippen LogP contribution is 2.38. The van der Waals surface area contributed by atoms with Crippen molar-refractivity contribution < 1.29 is 19.4 Å². The number of rotatable bonds is 2. The number of carbonyl (C=O) groups excluding carboxylic acids is 1. The van der Waals surface area contributed by atoms with Crippen LogP contribution in [0.3, 0.4) is 0 Å². The van der Waals surface area contributed by atoms with Crippen LogP contribution in [0.4, 0.5) is 0 Å². The third-order valence-corrected chi connectivity index (χ3v) is 4.84. The summed E-state index contributed by atoms with van der Waals surface area (Å²) < 4.78 is 10.6. The van der Waals surface area contributed by atoms with Crippen molar-refractivity contribution in [1.82, 2.24) is 0 Å². The Hall–Kier alpha value is -1.39. The zero-order valence-corrected chi connectivity index (χ0v) is 12.4. The molecule has 4 heteroatoms. The van der Waals surface area contributed by atoms with E-state index in [0.29, 0.717) is 26.1 Å². The van der Waals surface area contributed by atoms with Gasteiger partial charge in [0.05, 0.1) is 18.6 Å². The molecule has 0 spiro atoms. The Morgan fingerprint density at radius 3 is 2.81 bits per heavy atom. The van der Waals surface area contributed by atoms with Gasteiger partial charge in [0, 0.05) is 31.6 Å². The lowest BCUT2D eigenvalue weighted by Crippen LogP contribution is -2.46. The van der Waals surface area contributed by atoms with E-state index in [4.69, 9.17) is 9.47 Å². The van der Waals surface area contributed by atoms with Gasteiger partial charge in [0.1, 0.15) is 5.75 Å². The number of fused-ring (bicyclic) bond motifs is 1. The maximum Gasteiger partial charge on any atom is 0.169 e. The quantitative estimate of drug-likeness (QED) is 0.850. The predicted octanol–water partition coefficient (Wildman–Crippen LogP) is 2.37. The Bertz CT molecular complexity index is 532. The Labute approximate surface area is 125 Å². The summed E-state index contributed by atoms with van der Waals surface area (Å²) >= 11 is 0. The van der Waals surface area contributed by atoms with Gasteiger partial charge in [-0.15, -0.1) is 0 Å². The van der Waals surface area contributed by atoms with Crippen molar-refractivity contribution in [1.29, 1.82) is 0 Å². The molecule has 1 aromatic rings. The number of ether oxygens (including phenoxy) is 2. The highest BCUT2D eigenvalue weighted by atomic mass is 16.5. The number of carbonyl (C=O) groups is 1. The first-order valence-corrected chi connectivity index (χ1v) is 7.65.